The van der Waals surface area contributed by atoms with Gasteiger partial charge in [-0.3, -0.25) is 9.69 Å². The van der Waals surface area contributed by atoms with Gasteiger partial charge in [-0.15, -0.1) is 0 Å². The summed E-state index contributed by atoms with van der Waals surface area (Å²) in [5.74, 6) is 1.54. The fraction of sp³-hybridized carbons (Fsp3) is 0.424. The van der Waals surface area contributed by atoms with Crippen molar-refractivity contribution in [3.63, 3.8) is 0 Å². The highest BCUT2D eigenvalue weighted by Gasteiger charge is 2.26. The van der Waals surface area contributed by atoms with Crippen LogP contribution in [0.5, 0.6) is 5.75 Å². The number of aromatic nitrogens is 3. The maximum Gasteiger partial charge on any atom is 0.231 e. The number of carbonyl (C=O) groups is 1. The summed E-state index contributed by atoms with van der Waals surface area (Å²) in [6.45, 7) is 13.3. The van der Waals surface area contributed by atoms with Crippen molar-refractivity contribution in [2.45, 2.75) is 76.6 Å². The van der Waals surface area contributed by atoms with Crippen molar-refractivity contribution in [2.75, 3.05) is 30.3 Å². The molecule has 5 N–H and O–H groups in total. The lowest BCUT2D eigenvalue weighted by Gasteiger charge is -2.32. The number of piperidine rings is 1. The number of aryl methyl sites for hydroxylation is 2. The third kappa shape index (κ3) is 7.07. The molecule has 1 aliphatic heterocycles. The third-order valence-electron chi connectivity index (χ3n) is 8.18. The van der Waals surface area contributed by atoms with E-state index in [1.54, 1.807) is 38.1 Å². The Morgan fingerprint density at radius 1 is 1.04 bits per heavy atom. The normalized spacial score (nSPS) is 14.8. The molecule has 0 atom stereocenters. The van der Waals surface area contributed by atoms with Crippen LogP contribution in [-0.4, -0.2) is 65.2 Å². The summed E-state index contributed by atoms with van der Waals surface area (Å²) in [5.41, 5.74) is 10.5. The van der Waals surface area contributed by atoms with E-state index in [-0.39, 0.29) is 23.5 Å². The molecular weight excluding hydrogens is 590 g/mol. The predicted octanol–water partition coefficient (Wildman–Crippen LogP) is 5.70. The van der Waals surface area contributed by atoms with Crippen LogP contribution in [0.2, 0.25) is 0 Å². The van der Waals surface area contributed by atoms with Crippen LogP contribution >= 0.6 is 0 Å². The first-order valence-corrected chi connectivity index (χ1v) is 16.9. The second-order valence-corrected chi connectivity index (χ2v) is 14.8. The van der Waals surface area contributed by atoms with Crippen LogP contribution in [0.25, 0.3) is 11.0 Å². The number of hydrogen-bond donors (Lipinski definition) is 4. The summed E-state index contributed by atoms with van der Waals surface area (Å²) < 4.78 is 32.6. The molecule has 240 valence electrons. The van der Waals surface area contributed by atoms with Crippen LogP contribution in [0.15, 0.2) is 47.5 Å². The summed E-state index contributed by atoms with van der Waals surface area (Å²) in [6, 6.07) is 11.0. The highest BCUT2D eigenvalue weighted by atomic mass is 32.2. The number of carbonyl (C=O) groups excluding carboxylic acids is 1. The number of anilines is 4. The monoisotopic (exact) mass is 633 g/mol. The number of nitrogens with one attached hydrogen (secondary N) is 3. The second kappa shape index (κ2) is 13.1. The molecule has 11 nitrogen and oxygen atoms in total. The molecule has 0 radical (unpaired) electrons. The van der Waals surface area contributed by atoms with Gasteiger partial charge in [0, 0.05) is 6.20 Å². The maximum atomic E-state index is 13.2. The predicted molar refractivity (Wildman–Crippen MR) is 179 cm³/mol. The summed E-state index contributed by atoms with van der Waals surface area (Å²) in [4.78, 5) is 26.5. The van der Waals surface area contributed by atoms with Gasteiger partial charge in [0.2, 0.25) is 11.9 Å². The fourth-order valence-electron chi connectivity index (χ4n) is 5.87. The molecule has 1 saturated heterocycles. The molecule has 1 fully saturated rings. The lowest BCUT2D eigenvalue weighted by atomic mass is 9.86. The smallest absolute Gasteiger partial charge is 0.231 e. The number of ether oxygens (including phenoxy) is 1. The zero-order chi connectivity index (χ0) is 32.5. The second-order valence-electron chi connectivity index (χ2n) is 12.3. The molecule has 5 rings (SSSR count). The van der Waals surface area contributed by atoms with Crippen LogP contribution in [0.3, 0.4) is 0 Å². The Balaban J connectivity index is 1.50. The largest absolute Gasteiger partial charge is 0.489 e. The van der Waals surface area contributed by atoms with E-state index in [0.29, 0.717) is 34.8 Å². The van der Waals surface area contributed by atoms with Crippen LogP contribution in [0.4, 0.5) is 23.1 Å². The average Bonchev–Trinajstić information content (AvgIpc) is 3.35. The topological polar surface area (TPSA) is 155 Å². The highest BCUT2D eigenvalue weighted by Crippen LogP contribution is 2.39. The molecule has 0 unspecified atom stereocenters. The fourth-order valence-corrected chi connectivity index (χ4v) is 7.07. The standard InChI is InChI=1S/C33H43N7O4S/c1-19(2)44-27-16-24(23-11-13-40(14-12-23)18-29(34)41)21(5)15-26(27)37-33-38-31-30(22(6)17-35-31)32(39-33)36-25-9-7-8-10-28(25)45(42,43)20(3)4/h7-10,15-17,19-20,23H,11-14,18H2,1-6H3,(H2,34,41)(H3,35,36,37,38,39). The first-order chi connectivity index (χ1) is 21.3. The number of likely N-dealkylation sites (tertiary alicyclic amines) is 1. The van der Waals surface area contributed by atoms with E-state index in [1.807, 2.05) is 27.0 Å². The van der Waals surface area contributed by atoms with Crippen LogP contribution in [0.1, 0.15) is 63.1 Å². The minimum Gasteiger partial charge on any atom is -0.489 e. The molecule has 1 aliphatic rings. The third-order valence-corrected chi connectivity index (χ3v) is 10.4. The van der Waals surface area contributed by atoms with Gasteiger partial charge in [0.25, 0.3) is 0 Å². The van der Waals surface area contributed by atoms with Gasteiger partial charge in [-0.05, 0) is 114 Å². The lowest BCUT2D eigenvalue weighted by Crippen LogP contribution is -2.39. The van der Waals surface area contributed by atoms with Crippen LogP contribution < -0.4 is 21.1 Å². The molecule has 0 bridgehead atoms. The molecule has 45 heavy (non-hydrogen) atoms. The van der Waals surface area contributed by atoms with Gasteiger partial charge >= 0.3 is 0 Å². The Morgan fingerprint density at radius 3 is 2.42 bits per heavy atom. The number of primary amides is 1. The molecule has 2 aromatic carbocycles. The number of H-pyrrole nitrogens is 1. The van der Waals surface area contributed by atoms with Crippen molar-refractivity contribution in [3.8, 4) is 5.75 Å². The number of amides is 1. The number of nitrogens with zero attached hydrogens (tertiary/aromatic N) is 3. The Labute approximate surface area is 264 Å². The number of fused-ring (bicyclic) bond motifs is 1. The summed E-state index contributed by atoms with van der Waals surface area (Å²) in [6.07, 6.45) is 3.64. The minimum absolute atomic E-state index is 0.0652. The van der Waals surface area contributed by atoms with Gasteiger partial charge in [-0.2, -0.15) is 9.97 Å². The zero-order valence-electron chi connectivity index (χ0n) is 26.8. The number of sulfone groups is 1. The van der Waals surface area contributed by atoms with Gasteiger partial charge in [0.1, 0.15) is 17.2 Å². The number of aromatic amines is 1. The number of rotatable bonds is 11. The van der Waals surface area contributed by atoms with E-state index < -0.39 is 15.1 Å². The molecule has 0 aliphatic carbocycles. The first-order valence-electron chi connectivity index (χ1n) is 15.4. The molecule has 1 amide bonds. The van der Waals surface area contributed by atoms with Crippen LogP contribution in [-0.2, 0) is 14.6 Å². The van der Waals surface area contributed by atoms with E-state index in [9.17, 15) is 13.2 Å². The van der Waals surface area contributed by atoms with Crippen molar-refractivity contribution in [1.29, 1.82) is 0 Å². The number of benzene rings is 2. The first kappa shape index (κ1) is 32.2. The maximum absolute atomic E-state index is 13.2. The molecule has 4 aromatic rings. The van der Waals surface area contributed by atoms with Gasteiger partial charge in [0.15, 0.2) is 9.84 Å². The van der Waals surface area contributed by atoms with Gasteiger partial charge in [-0.1, -0.05) is 12.1 Å². The molecule has 12 heteroatoms. The van der Waals surface area contributed by atoms with Crippen molar-refractivity contribution >= 4 is 49.9 Å². The zero-order valence-corrected chi connectivity index (χ0v) is 27.6. The lowest BCUT2D eigenvalue weighted by molar-refractivity contribution is -0.119. The summed E-state index contributed by atoms with van der Waals surface area (Å²) >= 11 is 0. The number of para-hydroxylation sites is 1. The van der Waals surface area contributed by atoms with Gasteiger partial charge < -0.3 is 26.1 Å². The molecular formula is C33H43N7O4S. The van der Waals surface area contributed by atoms with Crippen molar-refractivity contribution in [2.24, 2.45) is 5.73 Å². The SMILES string of the molecule is Cc1cc(Nc2nc(Nc3ccccc3S(=O)(=O)C(C)C)c3c(C)c[nH]c3n2)c(OC(C)C)cc1C1CCN(CC(N)=O)CC1. The van der Waals surface area contributed by atoms with Gasteiger partial charge in [-0.25, -0.2) is 8.42 Å². The quantitative estimate of drug-likeness (QED) is 0.163. The Hall–Kier alpha value is -4.16. The average molecular weight is 634 g/mol. The van der Waals surface area contributed by atoms with E-state index in [2.05, 4.69) is 39.6 Å². The summed E-state index contributed by atoms with van der Waals surface area (Å²) in [7, 11) is -3.55. The van der Waals surface area contributed by atoms with E-state index in [1.165, 1.54) is 5.56 Å². The number of hydrogen-bond acceptors (Lipinski definition) is 9. The van der Waals surface area contributed by atoms with Crippen molar-refractivity contribution in [3.05, 3.63) is 59.3 Å². The summed E-state index contributed by atoms with van der Waals surface area (Å²) in [5, 5.41) is 6.87. The van der Waals surface area contributed by atoms with Crippen LogP contribution in [0, 0.1) is 13.8 Å². The Kier molecular flexibility index (Phi) is 9.36. The molecule has 2 aromatic heterocycles. The van der Waals surface area contributed by atoms with E-state index in [0.717, 1.165) is 48.1 Å². The molecule has 0 saturated carbocycles. The van der Waals surface area contributed by atoms with E-state index in [4.69, 9.17) is 20.4 Å². The van der Waals surface area contributed by atoms with Gasteiger partial charge in [0.05, 0.1) is 39.6 Å². The van der Waals surface area contributed by atoms with Crippen molar-refractivity contribution < 1.29 is 17.9 Å². The Bertz CT molecular complexity index is 1810. The molecule has 0 spiro atoms. The van der Waals surface area contributed by atoms with Crippen molar-refractivity contribution in [1.82, 2.24) is 19.9 Å². The number of nitrogens with two attached hydrogens (primary N) is 1. The highest BCUT2D eigenvalue weighted by molar-refractivity contribution is 7.92. The minimum atomic E-state index is -3.55. The van der Waals surface area contributed by atoms with E-state index >= 15 is 0 Å². The molecule has 3 heterocycles. The Morgan fingerprint density at radius 2 is 1.76 bits per heavy atom.